The molecule has 0 aliphatic rings. The molecule has 1 amide bonds. The van der Waals surface area contributed by atoms with Gasteiger partial charge in [-0.25, -0.2) is 4.79 Å². The van der Waals surface area contributed by atoms with Gasteiger partial charge < -0.3 is 25.0 Å². The van der Waals surface area contributed by atoms with E-state index in [-0.39, 0.29) is 0 Å². The molecule has 0 aromatic carbocycles. The smallest absolute Gasteiger partial charge is 0.402 e. The van der Waals surface area contributed by atoms with E-state index in [1.165, 1.54) is 0 Å². The standard InChI is InChI=1S/C4H8Cl3O4P.CH3NO2/c1-10-12(9,11-2)3(8)4(5,6)7;2-1(3)4/h3,8H,1-2H3;2H2,(H,3,4). The normalized spacial score (nSPS) is 13.6. The Labute approximate surface area is 107 Å². The van der Waals surface area contributed by atoms with Crippen molar-refractivity contribution in [2.75, 3.05) is 14.2 Å². The predicted octanol–water partition coefficient (Wildman–Crippen LogP) is 1.78. The van der Waals surface area contributed by atoms with E-state index in [2.05, 4.69) is 14.8 Å². The van der Waals surface area contributed by atoms with Crippen molar-refractivity contribution in [2.45, 2.75) is 9.64 Å². The van der Waals surface area contributed by atoms with Crippen molar-refractivity contribution >= 4 is 48.5 Å². The van der Waals surface area contributed by atoms with Crippen LogP contribution in [0.2, 0.25) is 0 Å². The number of rotatable bonds is 3. The molecule has 0 aliphatic carbocycles. The quantitative estimate of drug-likeness (QED) is 0.539. The molecule has 0 saturated carbocycles. The maximum absolute atomic E-state index is 11.3. The molecule has 0 saturated heterocycles. The molecule has 1 unspecified atom stereocenters. The van der Waals surface area contributed by atoms with E-state index in [4.69, 9.17) is 44.7 Å². The van der Waals surface area contributed by atoms with Crippen molar-refractivity contribution in [2.24, 2.45) is 5.73 Å². The van der Waals surface area contributed by atoms with E-state index in [0.29, 0.717) is 0 Å². The maximum Gasteiger partial charge on any atom is 0.402 e. The van der Waals surface area contributed by atoms with Gasteiger partial charge in [0.2, 0.25) is 9.64 Å². The number of aliphatic hydroxyl groups excluding tert-OH is 1. The maximum atomic E-state index is 11.3. The summed E-state index contributed by atoms with van der Waals surface area (Å²) in [5.41, 5.74) is 4.03. The lowest BCUT2D eigenvalue weighted by Gasteiger charge is -2.24. The largest absolute Gasteiger partial charge is 0.465 e. The van der Waals surface area contributed by atoms with E-state index < -0.39 is 23.3 Å². The van der Waals surface area contributed by atoms with Crippen LogP contribution in [0.4, 0.5) is 4.79 Å². The molecule has 0 spiro atoms. The van der Waals surface area contributed by atoms with Gasteiger partial charge in [0, 0.05) is 14.2 Å². The fraction of sp³-hybridized carbons (Fsp3) is 0.800. The number of primary amides is 1. The number of hydrogen-bond donors (Lipinski definition) is 3. The highest BCUT2D eigenvalue weighted by atomic mass is 35.6. The molecule has 0 aliphatic heterocycles. The Balaban J connectivity index is 0. The second-order valence-corrected chi connectivity index (χ2v) is 6.83. The van der Waals surface area contributed by atoms with Crippen LogP contribution in [0.25, 0.3) is 0 Å². The lowest BCUT2D eigenvalue weighted by molar-refractivity contribution is 0.176. The molecule has 11 heteroatoms. The van der Waals surface area contributed by atoms with Crippen LogP contribution in [0.3, 0.4) is 0 Å². The Morgan fingerprint density at radius 1 is 1.38 bits per heavy atom. The topological polar surface area (TPSA) is 119 Å². The molecule has 0 aromatic rings. The Morgan fingerprint density at radius 3 is 1.69 bits per heavy atom. The van der Waals surface area contributed by atoms with Crippen LogP contribution in [0.15, 0.2) is 0 Å². The Kier molecular flexibility index (Phi) is 8.78. The summed E-state index contributed by atoms with van der Waals surface area (Å²) in [4.78, 5) is 8.78. The van der Waals surface area contributed by atoms with Crippen LogP contribution >= 0.6 is 42.4 Å². The fourth-order valence-electron chi connectivity index (χ4n) is 0.454. The summed E-state index contributed by atoms with van der Waals surface area (Å²) < 4.78 is 18.1. The van der Waals surface area contributed by atoms with Gasteiger partial charge in [0.15, 0.2) is 0 Å². The molecule has 98 valence electrons. The molecule has 0 radical (unpaired) electrons. The van der Waals surface area contributed by atoms with Crippen molar-refractivity contribution in [1.82, 2.24) is 0 Å². The van der Waals surface area contributed by atoms with Gasteiger partial charge in [-0.1, -0.05) is 34.8 Å². The SMILES string of the molecule is COP(=O)(OC)C(O)C(Cl)(Cl)Cl.NC(=O)O. The van der Waals surface area contributed by atoms with Gasteiger partial charge in [0.25, 0.3) is 0 Å². The summed E-state index contributed by atoms with van der Waals surface area (Å²) in [5.74, 6) is -1.80. The second kappa shape index (κ2) is 7.55. The van der Waals surface area contributed by atoms with E-state index in [0.717, 1.165) is 14.2 Å². The molecule has 0 aromatic heterocycles. The van der Waals surface area contributed by atoms with Crippen LogP contribution < -0.4 is 5.73 Å². The van der Waals surface area contributed by atoms with Crippen LogP contribution in [-0.2, 0) is 13.6 Å². The number of carboxylic acid groups (broad SMARTS) is 1. The second-order valence-electron chi connectivity index (χ2n) is 2.16. The van der Waals surface area contributed by atoms with Crippen molar-refractivity contribution < 1.29 is 28.6 Å². The lowest BCUT2D eigenvalue weighted by atomic mass is 10.8. The summed E-state index contributed by atoms with van der Waals surface area (Å²) in [6.07, 6.45) is -1.33. The minimum absolute atomic E-state index is 1.09. The number of aliphatic hydroxyl groups is 1. The third-order valence-corrected chi connectivity index (χ3v) is 4.18. The number of nitrogens with two attached hydrogens (primary N) is 1. The highest BCUT2D eigenvalue weighted by Crippen LogP contribution is 2.57. The van der Waals surface area contributed by atoms with Gasteiger partial charge in [0.05, 0.1) is 0 Å². The van der Waals surface area contributed by atoms with E-state index in [9.17, 15) is 9.67 Å². The van der Waals surface area contributed by atoms with Gasteiger partial charge in [-0.15, -0.1) is 0 Å². The van der Waals surface area contributed by atoms with Crippen LogP contribution in [0.5, 0.6) is 0 Å². The number of carbonyl (C=O) groups is 1. The van der Waals surface area contributed by atoms with E-state index >= 15 is 0 Å². The molecular formula is C5H11Cl3NO6P. The average molecular weight is 318 g/mol. The van der Waals surface area contributed by atoms with Gasteiger partial charge in [0.1, 0.15) is 0 Å². The van der Waals surface area contributed by atoms with Crippen LogP contribution in [0.1, 0.15) is 0 Å². The summed E-state index contributed by atoms with van der Waals surface area (Å²) >= 11 is 15.8. The molecule has 1 atom stereocenters. The predicted molar refractivity (Wildman–Crippen MR) is 60.1 cm³/mol. The van der Waals surface area contributed by atoms with Crippen molar-refractivity contribution in [3.63, 3.8) is 0 Å². The molecule has 0 bridgehead atoms. The van der Waals surface area contributed by atoms with Gasteiger partial charge in [-0.3, -0.25) is 4.57 Å². The molecule has 4 N–H and O–H groups in total. The molecule has 16 heavy (non-hydrogen) atoms. The minimum atomic E-state index is -3.73. The van der Waals surface area contributed by atoms with Crippen LogP contribution in [0, 0.1) is 0 Å². The Hall–Kier alpha value is 0.250. The zero-order valence-corrected chi connectivity index (χ0v) is 11.4. The highest BCUT2D eigenvalue weighted by Gasteiger charge is 2.46. The third kappa shape index (κ3) is 7.51. The zero-order valence-electron chi connectivity index (χ0n) is 8.26. The Bertz CT molecular complexity index is 257. The molecular weight excluding hydrogens is 307 g/mol. The fourth-order valence-corrected chi connectivity index (χ4v) is 2.44. The summed E-state index contributed by atoms with van der Waals surface area (Å²) in [5, 5.41) is 16.4. The van der Waals surface area contributed by atoms with Gasteiger partial charge in [-0.05, 0) is 0 Å². The first-order valence-electron chi connectivity index (χ1n) is 3.45. The number of amides is 1. The van der Waals surface area contributed by atoms with Gasteiger partial charge >= 0.3 is 13.7 Å². The van der Waals surface area contributed by atoms with Crippen molar-refractivity contribution in [3.05, 3.63) is 0 Å². The Morgan fingerprint density at radius 2 is 1.62 bits per heavy atom. The summed E-state index contributed by atoms with van der Waals surface area (Å²) in [7, 11) is -1.56. The number of halogens is 3. The van der Waals surface area contributed by atoms with Crippen molar-refractivity contribution in [1.29, 1.82) is 0 Å². The van der Waals surface area contributed by atoms with Crippen molar-refractivity contribution in [3.8, 4) is 0 Å². The zero-order chi connectivity index (χ0) is 13.6. The molecule has 7 nitrogen and oxygen atoms in total. The average Bonchev–Trinajstić information content (AvgIpc) is 2.13. The first-order chi connectivity index (χ1) is 7.01. The van der Waals surface area contributed by atoms with E-state index in [1.807, 2.05) is 0 Å². The highest BCUT2D eigenvalue weighted by molar-refractivity contribution is 7.54. The minimum Gasteiger partial charge on any atom is -0.465 e. The van der Waals surface area contributed by atoms with E-state index in [1.54, 1.807) is 0 Å². The first kappa shape index (κ1) is 18.6. The van der Waals surface area contributed by atoms with Gasteiger partial charge in [-0.2, -0.15) is 0 Å². The summed E-state index contributed by atoms with van der Waals surface area (Å²) in [6, 6.07) is 0. The number of alkyl halides is 3. The van der Waals surface area contributed by atoms with Crippen LogP contribution in [-0.4, -0.2) is 40.2 Å². The molecule has 0 rings (SSSR count). The monoisotopic (exact) mass is 317 g/mol. The summed E-state index contributed by atoms with van der Waals surface area (Å²) in [6.45, 7) is 0. The molecule has 0 heterocycles. The molecule has 0 fully saturated rings. The number of hydrogen-bond acceptors (Lipinski definition) is 5. The third-order valence-electron chi connectivity index (χ3n) is 1.10. The lowest BCUT2D eigenvalue weighted by Crippen LogP contribution is -2.26. The first-order valence-corrected chi connectivity index (χ1v) is 6.20.